The zero-order valence-electron chi connectivity index (χ0n) is 9.11. The lowest BCUT2D eigenvalue weighted by molar-refractivity contribution is -0.134. The molecule has 1 aromatic carbocycles. The number of ether oxygens (including phenoxy) is 1. The topological polar surface area (TPSA) is 26.3 Å². The number of benzene rings is 1. The number of hydrogen-bond acceptors (Lipinski definition) is 3. The van der Waals surface area contributed by atoms with Crippen molar-refractivity contribution in [2.75, 3.05) is 7.11 Å². The van der Waals surface area contributed by atoms with Crippen LogP contribution in [0.25, 0.3) is 0 Å². The van der Waals surface area contributed by atoms with Gasteiger partial charge in [0.1, 0.15) is 0 Å². The Kier molecular flexibility index (Phi) is 4.43. The van der Waals surface area contributed by atoms with Gasteiger partial charge in [-0.2, -0.15) is 0 Å². The van der Waals surface area contributed by atoms with Crippen LogP contribution in [0.5, 0.6) is 0 Å². The van der Waals surface area contributed by atoms with Crippen LogP contribution in [0.15, 0.2) is 34.6 Å². The van der Waals surface area contributed by atoms with Gasteiger partial charge in [0.2, 0.25) is 0 Å². The second-order valence-electron chi connectivity index (χ2n) is 3.21. The van der Waals surface area contributed by atoms with Crippen molar-refractivity contribution in [3.63, 3.8) is 0 Å². The number of rotatable bonds is 3. The number of carbonyl (C=O) groups is 1. The molecule has 1 aromatic rings. The van der Waals surface area contributed by atoms with Gasteiger partial charge in [-0.1, -0.05) is 29.5 Å². The van der Waals surface area contributed by atoms with E-state index in [0.717, 1.165) is 4.90 Å². The average Bonchev–Trinajstić information content (AvgIpc) is 2.21. The van der Waals surface area contributed by atoms with Crippen molar-refractivity contribution in [3.8, 4) is 0 Å². The monoisotopic (exact) mass is 222 g/mol. The Balaban J connectivity index is 2.65. The van der Waals surface area contributed by atoms with Gasteiger partial charge in [-0.05, 0) is 30.9 Å². The minimum absolute atomic E-state index is 0.327. The first-order chi connectivity index (χ1) is 7.13. The van der Waals surface area contributed by atoms with Gasteiger partial charge in [0.15, 0.2) is 0 Å². The van der Waals surface area contributed by atoms with Crippen LogP contribution < -0.4 is 0 Å². The zero-order valence-corrected chi connectivity index (χ0v) is 9.93. The lowest BCUT2D eigenvalue weighted by atomic mass is 10.2. The molecule has 0 radical (unpaired) electrons. The van der Waals surface area contributed by atoms with Gasteiger partial charge in [0.05, 0.1) is 7.11 Å². The summed E-state index contributed by atoms with van der Waals surface area (Å²) in [6.45, 7) is 4.12. The SMILES string of the molecule is COC(=O)C=CSc1ccc(C)cc1C. The number of methoxy groups -OCH3 is 1. The van der Waals surface area contributed by atoms with E-state index in [4.69, 9.17) is 0 Å². The second kappa shape index (κ2) is 5.61. The Hall–Kier alpha value is -1.22. The lowest BCUT2D eigenvalue weighted by Crippen LogP contribution is -1.92. The maximum absolute atomic E-state index is 10.8. The van der Waals surface area contributed by atoms with Crippen molar-refractivity contribution in [1.29, 1.82) is 0 Å². The maximum atomic E-state index is 10.8. The molecule has 0 spiro atoms. The molecule has 0 atom stereocenters. The van der Waals surface area contributed by atoms with E-state index in [9.17, 15) is 4.79 Å². The molecule has 0 aliphatic heterocycles. The Morgan fingerprint density at radius 2 is 2.13 bits per heavy atom. The molecule has 0 aliphatic rings. The van der Waals surface area contributed by atoms with Crippen molar-refractivity contribution in [2.45, 2.75) is 18.7 Å². The van der Waals surface area contributed by atoms with E-state index in [0.29, 0.717) is 0 Å². The molecule has 80 valence electrons. The number of hydrogen-bond donors (Lipinski definition) is 0. The highest BCUT2D eigenvalue weighted by atomic mass is 32.2. The second-order valence-corrected chi connectivity index (χ2v) is 4.16. The van der Waals surface area contributed by atoms with Crippen LogP contribution in [0.4, 0.5) is 0 Å². The molecule has 0 saturated carbocycles. The van der Waals surface area contributed by atoms with Gasteiger partial charge in [-0.25, -0.2) is 4.79 Å². The Morgan fingerprint density at radius 1 is 1.40 bits per heavy atom. The van der Waals surface area contributed by atoms with Crippen LogP contribution in [-0.2, 0) is 9.53 Å². The number of carbonyl (C=O) groups excluding carboxylic acids is 1. The highest BCUT2D eigenvalue weighted by molar-refractivity contribution is 8.02. The fourth-order valence-corrected chi connectivity index (χ4v) is 1.88. The minimum atomic E-state index is -0.327. The Morgan fingerprint density at radius 3 is 2.73 bits per heavy atom. The van der Waals surface area contributed by atoms with Crippen molar-refractivity contribution >= 4 is 17.7 Å². The first-order valence-electron chi connectivity index (χ1n) is 4.62. The molecule has 0 unspecified atom stereocenters. The van der Waals surface area contributed by atoms with Gasteiger partial charge in [-0.3, -0.25) is 0 Å². The van der Waals surface area contributed by atoms with Crippen molar-refractivity contribution < 1.29 is 9.53 Å². The van der Waals surface area contributed by atoms with E-state index in [2.05, 4.69) is 36.8 Å². The average molecular weight is 222 g/mol. The summed E-state index contributed by atoms with van der Waals surface area (Å²) >= 11 is 1.52. The molecule has 0 saturated heterocycles. The number of thioether (sulfide) groups is 1. The van der Waals surface area contributed by atoms with Crippen LogP contribution in [0.1, 0.15) is 11.1 Å². The molecule has 2 nitrogen and oxygen atoms in total. The zero-order chi connectivity index (χ0) is 11.3. The molecular formula is C12H14O2S. The van der Waals surface area contributed by atoms with E-state index < -0.39 is 0 Å². The minimum Gasteiger partial charge on any atom is -0.466 e. The summed E-state index contributed by atoms with van der Waals surface area (Å²) < 4.78 is 4.50. The highest BCUT2D eigenvalue weighted by Crippen LogP contribution is 2.23. The fraction of sp³-hybridized carbons (Fsp3) is 0.250. The van der Waals surface area contributed by atoms with Crippen LogP contribution >= 0.6 is 11.8 Å². The van der Waals surface area contributed by atoms with Gasteiger partial charge in [0.25, 0.3) is 0 Å². The highest BCUT2D eigenvalue weighted by Gasteiger charge is 1.97. The molecule has 0 fully saturated rings. The molecule has 0 amide bonds. The van der Waals surface area contributed by atoms with E-state index in [1.165, 1.54) is 36.1 Å². The van der Waals surface area contributed by atoms with Crippen LogP contribution in [0, 0.1) is 13.8 Å². The Bertz CT molecular complexity index is 383. The molecule has 3 heteroatoms. The van der Waals surface area contributed by atoms with E-state index in [1.807, 2.05) is 0 Å². The molecule has 0 N–H and O–H groups in total. The van der Waals surface area contributed by atoms with Gasteiger partial charge in [0, 0.05) is 11.0 Å². The summed E-state index contributed by atoms with van der Waals surface area (Å²) in [7, 11) is 1.37. The predicted molar refractivity (Wildman–Crippen MR) is 62.9 cm³/mol. The van der Waals surface area contributed by atoms with Crippen molar-refractivity contribution in [3.05, 3.63) is 40.8 Å². The van der Waals surface area contributed by atoms with Crippen LogP contribution in [0.2, 0.25) is 0 Å². The van der Waals surface area contributed by atoms with E-state index in [1.54, 1.807) is 5.41 Å². The largest absolute Gasteiger partial charge is 0.466 e. The quantitative estimate of drug-likeness (QED) is 0.446. The molecule has 15 heavy (non-hydrogen) atoms. The summed E-state index contributed by atoms with van der Waals surface area (Å²) in [4.78, 5) is 12.0. The van der Waals surface area contributed by atoms with E-state index >= 15 is 0 Å². The molecule has 0 heterocycles. The third-order valence-electron chi connectivity index (χ3n) is 1.93. The standard InChI is InChI=1S/C12H14O2S/c1-9-4-5-11(10(2)8-9)15-7-6-12(13)14-3/h4-8H,1-3H3. The van der Waals surface area contributed by atoms with Gasteiger partial charge < -0.3 is 4.74 Å². The third kappa shape index (κ3) is 3.80. The first kappa shape index (κ1) is 11.9. The summed E-state index contributed by atoms with van der Waals surface area (Å²) in [5.41, 5.74) is 2.46. The Labute approximate surface area is 94.3 Å². The molecule has 0 aliphatic carbocycles. The number of esters is 1. The smallest absolute Gasteiger partial charge is 0.330 e. The predicted octanol–water partition coefficient (Wildman–Crippen LogP) is 3.08. The molecule has 0 aromatic heterocycles. The first-order valence-corrected chi connectivity index (χ1v) is 5.50. The summed E-state index contributed by atoms with van der Waals surface area (Å²) in [6, 6.07) is 6.23. The summed E-state index contributed by atoms with van der Waals surface area (Å²) in [6.07, 6.45) is 1.42. The molecule has 0 bridgehead atoms. The van der Waals surface area contributed by atoms with Gasteiger partial charge >= 0.3 is 5.97 Å². The molecule has 1 rings (SSSR count). The van der Waals surface area contributed by atoms with E-state index in [-0.39, 0.29) is 5.97 Å². The number of aryl methyl sites for hydroxylation is 2. The summed E-state index contributed by atoms with van der Waals surface area (Å²) in [5.74, 6) is -0.327. The summed E-state index contributed by atoms with van der Waals surface area (Å²) in [5, 5.41) is 1.74. The van der Waals surface area contributed by atoms with Crippen molar-refractivity contribution in [2.24, 2.45) is 0 Å². The van der Waals surface area contributed by atoms with Crippen LogP contribution in [0.3, 0.4) is 0 Å². The maximum Gasteiger partial charge on any atom is 0.330 e. The van der Waals surface area contributed by atoms with Gasteiger partial charge in [-0.15, -0.1) is 0 Å². The lowest BCUT2D eigenvalue weighted by Gasteiger charge is -2.02. The molecular weight excluding hydrogens is 208 g/mol. The van der Waals surface area contributed by atoms with Crippen LogP contribution in [-0.4, -0.2) is 13.1 Å². The third-order valence-corrected chi connectivity index (χ3v) is 2.91. The van der Waals surface area contributed by atoms with Crippen molar-refractivity contribution in [1.82, 2.24) is 0 Å². The normalized spacial score (nSPS) is 10.6. The fourth-order valence-electron chi connectivity index (χ4n) is 1.16.